The smallest absolute Gasteiger partial charge is 0.237 e. The Morgan fingerprint density at radius 2 is 1.89 bits per heavy atom. The lowest BCUT2D eigenvalue weighted by molar-refractivity contribution is -0.141. The molecule has 0 radical (unpaired) electrons. The molecule has 2 fully saturated rings. The largest absolute Gasteiger partial charge is 0.378 e. The van der Waals surface area contributed by atoms with E-state index in [0.717, 1.165) is 58.4 Å². The number of thiophene rings is 1. The summed E-state index contributed by atoms with van der Waals surface area (Å²) in [5.41, 5.74) is 1.35. The maximum absolute atomic E-state index is 13.0. The van der Waals surface area contributed by atoms with E-state index in [1.165, 1.54) is 10.4 Å². The Morgan fingerprint density at radius 1 is 1.14 bits per heavy atom. The number of likely N-dealkylation sites (tertiary alicyclic amines) is 1. The van der Waals surface area contributed by atoms with Gasteiger partial charge in [0, 0.05) is 30.4 Å². The molecule has 2 amide bonds. The number of hydrogen-bond donors (Lipinski definition) is 0. The minimum atomic E-state index is 0.108. The molecule has 1 aromatic rings. The van der Waals surface area contributed by atoms with Crippen molar-refractivity contribution in [1.82, 2.24) is 14.7 Å². The molecular weight excluding hydrogens is 374 g/mol. The molecule has 4 rings (SSSR count). The predicted molar refractivity (Wildman–Crippen MR) is 109 cm³/mol. The van der Waals surface area contributed by atoms with Crippen LogP contribution in [-0.4, -0.2) is 79.0 Å². The molecule has 0 bridgehead atoms. The van der Waals surface area contributed by atoms with Crippen LogP contribution in [0.5, 0.6) is 0 Å². The number of morpholine rings is 1. The number of piperidine rings is 1. The Morgan fingerprint density at radius 3 is 2.61 bits per heavy atom. The van der Waals surface area contributed by atoms with Crippen LogP contribution in [0.15, 0.2) is 11.4 Å². The number of carbonyl (C=O) groups is 2. The minimum Gasteiger partial charge on any atom is -0.378 e. The number of rotatable bonds is 4. The average molecular weight is 406 g/mol. The van der Waals surface area contributed by atoms with E-state index in [-0.39, 0.29) is 23.8 Å². The minimum absolute atomic E-state index is 0.108. The van der Waals surface area contributed by atoms with Gasteiger partial charge in [-0.2, -0.15) is 0 Å². The van der Waals surface area contributed by atoms with Gasteiger partial charge in [0.2, 0.25) is 11.8 Å². The number of hydrogen-bond acceptors (Lipinski definition) is 5. The summed E-state index contributed by atoms with van der Waals surface area (Å²) in [6, 6.07) is 2.42. The number of amides is 2. The molecule has 1 atom stereocenters. The number of nitrogens with zero attached hydrogens (tertiary/aromatic N) is 3. The number of fused-ring (bicyclic) bond motifs is 1. The van der Waals surface area contributed by atoms with E-state index in [9.17, 15) is 9.59 Å². The van der Waals surface area contributed by atoms with Crippen LogP contribution in [0, 0.1) is 5.92 Å². The molecule has 1 unspecified atom stereocenters. The second-order valence-electron chi connectivity index (χ2n) is 8.05. The van der Waals surface area contributed by atoms with Gasteiger partial charge in [-0.15, -0.1) is 11.3 Å². The van der Waals surface area contributed by atoms with Gasteiger partial charge >= 0.3 is 0 Å². The van der Waals surface area contributed by atoms with Crippen molar-refractivity contribution < 1.29 is 14.3 Å². The van der Waals surface area contributed by atoms with Gasteiger partial charge in [-0.25, -0.2) is 0 Å². The maximum Gasteiger partial charge on any atom is 0.237 e. The van der Waals surface area contributed by atoms with Crippen LogP contribution in [0.1, 0.15) is 42.7 Å². The summed E-state index contributed by atoms with van der Waals surface area (Å²) in [6.45, 7) is 7.89. The van der Waals surface area contributed by atoms with Crippen molar-refractivity contribution in [2.45, 2.75) is 38.6 Å². The summed E-state index contributed by atoms with van der Waals surface area (Å²) in [5, 5.41) is 2.15. The van der Waals surface area contributed by atoms with Crippen LogP contribution < -0.4 is 0 Å². The first-order valence-corrected chi connectivity index (χ1v) is 11.5. The standard InChI is InChI=1S/C21H31N3O3S/c1-2-18-17-6-14-28-19(17)5-9-24(18)20(25)15-22-7-3-16(4-8-22)21(26)23-10-12-27-13-11-23/h6,14,16,18H,2-5,7-13,15H2,1H3. The van der Waals surface area contributed by atoms with E-state index in [4.69, 9.17) is 4.74 Å². The van der Waals surface area contributed by atoms with Gasteiger partial charge in [0.25, 0.3) is 0 Å². The molecule has 0 saturated carbocycles. The van der Waals surface area contributed by atoms with Crippen molar-refractivity contribution in [3.05, 3.63) is 21.9 Å². The fourth-order valence-electron chi connectivity index (χ4n) is 4.80. The summed E-state index contributed by atoms with van der Waals surface area (Å²) < 4.78 is 5.35. The maximum atomic E-state index is 13.0. The Balaban J connectivity index is 1.29. The summed E-state index contributed by atoms with van der Waals surface area (Å²) in [5.74, 6) is 0.624. The lowest BCUT2D eigenvalue weighted by atomic mass is 9.94. The zero-order valence-electron chi connectivity index (χ0n) is 16.8. The van der Waals surface area contributed by atoms with Crippen LogP contribution in [0.4, 0.5) is 0 Å². The second kappa shape index (κ2) is 8.93. The Bertz CT molecular complexity index is 693. The van der Waals surface area contributed by atoms with Crippen molar-refractivity contribution >= 4 is 23.2 Å². The highest BCUT2D eigenvalue weighted by Gasteiger charge is 2.33. The quantitative estimate of drug-likeness (QED) is 0.770. The van der Waals surface area contributed by atoms with Crippen molar-refractivity contribution in [3.63, 3.8) is 0 Å². The molecule has 2 saturated heterocycles. The lowest BCUT2D eigenvalue weighted by Crippen LogP contribution is -2.49. The fraction of sp³-hybridized carbons (Fsp3) is 0.714. The van der Waals surface area contributed by atoms with Crippen molar-refractivity contribution in [1.29, 1.82) is 0 Å². The van der Waals surface area contributed by atoms with Crippen LogP contribution in [0.25, 0.3) is 0 Å². The molecule has 7 heteroatoms. The van der Waals surface area contributed by atoms with Crippen LogP contribution in [0.3, 0.4) is 0 Å². The normalized spacial score (nSPS) is 24.2. The summed E-state index contributed by atoms with van der Waals surface area (Å²) in [4.78, 5) is 33.4. The van der Waals surface area contributed by atoms with Gasteiger partial charge in [-0.3, -0.25) is 14.5 Å². The first-order valence-electron chi connectivity index (χ1n) is 10.6. The zero-order valence-corrected chi connectivity index (χ0v) is 17.6. The molecule has 0 aromatic carbocycles. The Labute approximate surface area is 171 Å². The van der Waals surface area contributed by atoms with E-state index in [0.29, 0.717) is 19.8 Å². The summed E-state index contributed by atoms with van der Waals surface area (Å²) in [7, 11) is 0. The third kappa shape index (κ3) is 4.11. The molecule has 0 N–H and O–H groups in total. The molecule has 3 aliphatic rings. The number of carbonyl (C=O) groups excluding carboxylic acids is 2. The molecule has 0 spiro atoms. The first-order chi connectivity index (χ1) is 13.7. The molecule has 0 aliphatic carbocycles. The monoisotopic (exact) mass is 405 g/mol. The Kier molecular flexibility index (Phi) is 6.33. The Hall–Kier alpha value is -1.44. The van der Waals surface area contributed by atoms with Gasteiger partial charge in [-0.05, 0) is 55.8 Å². The van der Waals surface area contributed by atoms with Gasteiger partial charge in [0.15, 0.2) is 0 Å². The van der Waals surface area contributed by atoms with Gasteiger partial charge in [0.05, 0.1) is 25.8 Å². The highest BCUT2D eigenvalue weighted by Crippen LogP contribution is 2.35. The van der Waals surface area contributed by atoms with E-state index in [1.807, 2.05) is 16.2 Å². The van der Waals surface area contributed by atoms with Gasteiger partial charge in [-0.1, -0.05) is 6.92 Å². The fourth-order valence-corrected chi connectivity index (χ4v) is 5.73. The van der Waals surface area contributed by atoms with E-state index in [2.05, 4.69) is 28.2 Å². The van der Waals surface area contributed by atoms with Crippen molar-refractivity contribution in [2.24, 2.45) is 5.92 Å². The lowest BCUT2D eigenvalue weighted by Gasteiger charge is -2.38. The molecule has 4 heterocycles. The molecule has 154 valence electrons. The topological polar surface area (TPSA) is 53.1 Å². The average Bonchev–Trinajstić information content (AvgIpc) is 3.22. The molecular formula is C21H31N3O3S. The zero-order chi connectivity index (χ0) is 19.5. The first kappa shape index (κ1) is 19.9. The number of ether oxygens (including phenoxy) is 1. The van der Waals surface area contributed by atoms with Crippen molar-refractivity contribution in [2.75, 3.05) is 52.5 Å². The third-order valence-corrected chi connectivity index (χ3v) is 7.42. The van der Waals surface area contributed by atoms with Crippen LogP contribution in [-0.2, 0) is 20.7 Å². The van der Waals surface area contributed by atoms with Crippen LogP contribution in [0.2, 0.25) is 0 Å². The van der Waals surface area contributed by atoms with E-state index in [1.54, 1.807) is 0 Å². The molecule has 6 nitrogen and oxygen atoms in total. The van der Waals surface area contributed by atoms with E-state index >= 15 is 0 Å². The third-order valence-electron chi connectivity index (χ3n) is 6.42. The summed E-state index contributed by atoms with van der Waals surface area (Å²) >= 11 is 1.82. The predicted octanol–water partition coefficient (Wildman–Crippen LogP) is 2.15. The van der Waals surface area contributed by atoms with Crippen LogP contribution >= 0.6 is 11.3 Å². The van der Waals surface area contributed by atoms with Crippen molar-refractivity contribution in [3.8, 4) is 0 Å². The second-order valence-corrected chi connectivity index (χ2v) is 9.05. The van der Waals surface area contributed by atoms with Gasteiger partial charge in [0.1, 0.15) is 0 Å². The van der Waals surface area contributed by atoms with Gasteiger partial charge < -0.3 is 14.5 Å². The SMILES string of the molecule is CCC1c2ccsc2CCN1C(=O)CN1CCC(C(=O)N2CCOCC2)CC1. The molecule has 3 aliphatic heterocycles. The summed E-state index contributed by atoms with van der Waals surface area (Å²) in [6.07, 6.45) is 3.65. The molecule has 28 heavy (non-hydrogen) atoms. The highest BCUT2D eigenvalue weighted by molar-refractivity contribution is 7.10. The van der Waals surface area contributed by atoms with E-state index < -0.39 is 0 Å². The molecule has 1 aromatic heterocycles. The highest BCUT2D eigenvalue weighted by atomic mass is 32.1.